The van der Waals surface area contributed by atoms with Gasteiger partial charge >= 0.3 is 18.0 Å². The van der Waals surface area contributed by atoms with Crippen LogP contribution in [0.4, 0.5) is 10.5 Å². The summed E-state index contributed by atoms with van der Waals surface area (Å²) in [6, 6.07) is 4.57. The summed E-state index contributed by atoms with van der Waals surface area (Å²) in [6.45, 7) is 2.37. The number of anilines is 1. The van der Waals surface area contributed by atoms with E-state index in [2.05, 4.69) is 10.1 Å². The summed E-state index contributed by atoms with van der Waals surface area (Å²) < 4.78 is 4.69. The van der Waals surface area contributed by atoms with Crippen LogP contribution >= 0.6 is 0 Å². The van der Waals surface area contributed by atoms with E-state index in [9.17, 15) is 14.4 Å². The number of likely N-dealkylation sites (tertiary alicyclic amines) is 1. The Labute approximate surface area is 127 Å². The first kappa shape index (κ1) is 15.8. The van der Waals surface area contributed by atoms with Gasteiger partial charge in [0.05, 0.1) is 18.6 Å². The van der Waals surface area contributed by atoms with Crippen molar-refractivity contribution in [3.05, 3.63) is 29.3 Å². The van der Waals surface area contributed by atoms with Gasteiger partial charge in [0.25, 0.3) is 0 Å². The number of amides is 2. The molecule has 0 aliphatic carbocycles. The lowest BCUT2D eigenvalue weighted by molar-refractivity contribution is -0.141. The molecule has 22 heavy (non-hydrogen) atoms. The Kier molecular flexibility index (Phi) is 4.65. The number of aliphatic carboxylic acids is 1. The predicted molar refractivity (Wildman–Crippen MR) is 78.9 cm³/mol. The number of hydrogen-bond acceptors (Lipinski definition) is 4. The highest BCUT2D eigenvalue weighted by molar-refractivity contribution is 5.95. The normalized spacial score (nSPS) is 17.2. The first-order valence-electron chi connectivity index (χ1n) is 6.90. The maximum Gasteiger partial charge on any atom is 0.338 e. The minimum atomic E-state index is -0.890. The number of carbonyl (C=O) groups excluding carboxylic acids is 2. The van der Waals surface area contributed by atoms with Crippen molar-refractivity contribution >= 4 is 23.7 Å². The van der Waals surface area contributed by atoms with Crippen molar-refractivity contribution in [2.45, 2.75) is 13.3 Å². The Balaban J connectivity index is 2.06. The summed E-state index contributed by atoms with van der Waals surface area (Å²) in [5.74, 6) is -1.88. The van der Waals surface area contributed by atoms with E-state index in [1.165, 1.54) is 12.0 Å². The average molecular weight is 306 g/mol. The highest BCUT2D eigenvalue weighted by Gasteiger charge is 2.30. The molecule has 2 amide bonds. The van der Waals surface area contributed by atoms with E-state index >= 15 is 0 Å². The highest BCUT2D eigenvalue weighted by Crippen LogP contribution is 2.20. The van der Waals surface area contributed by atoms with Gasteiger partial charge in [-0.2, -0.15) is 0 Å². The van der Waals surface area contributed by atoms with Crippen LogP contribution in [0.1, 0.15) is 22.3 Å². The Morgan fingerprint density at radius 3 is 2.68 bits per heavy atom. The second-order valence-corrected chi connectivity index (χ2v) is 5.22. The van der Waals surface area contributed by atoms with Gasteiger partial charge in [-0.15, -0.1) is 0 Å². The van der Waals surface area contributed by atoms with Gasteiger partial charge in [-0.1, -0.05) is 6.07 Å². The van der Waals surface area contributed by atoms with Gasteiger partial charge in [-0.05, 0) is 31.0 Å². The maximum atomic E-state index is 12.1. The molecule has 1 aliphatic heterocycles. The van der Waals surface area contributed by atoms with E-state index in [0.29, 0.717) is 24.2 Å². The van der Waals surface area contributed by atoms with Crippen molar-refractivity contribution in [3.8, 4) is 0 Å². The molecule has 1 aromatic rings. The van der Waals surface area contributed by atoms with Crippen LogP contribution < -0.4 is 5.32 Å². The average Bonchev–Trinajstić information content (AvgIpc) is 2.98. The first-order chi connectivity index (χ1) is 10.4. The molecule has 1 atom stereocenters. The molecule has 1 aliphatic rings. The van der Waals surface area contributed by atoms with Crippen LogP contribution in [-0.2, 0) is 9.53 Å². The number of esters is 1. The molecule has 0 saturated carbocycles. The number of nitrogens with one attached hydrogen (secondary N) is 1. The number of carboxylic acids is 1. The maximum absolute atomic E-state index is 12.1. The van der Waals surface area contributed by atoms with Gasteiger partial charge in [-0.3, -0.25) is 4.79 Å². The minimum absolute atomic E-state index is 0.191. The zero-order valence-corrected chi connectivity index (χ0v) is 12.5. The van der Waals surface area contributed by atoms with Gasteiger partial charge in [-0.25, -0.2) is 9.59 Å². The van der Waals surface area contributed by atoms with E-state index in [-0.39, 0.29) is 12.6 Å². The van der Waals surface area contributed by atoms with Gasteiger partial charge in [0.15, 0.2) is 0 Å². The smallest absolute Gasteiger partial charge is 0.338 e. The zero-order chi connectivity index (χ0) is 16.3. The first-order valence-corrected chi connectivity index (χ1v) is 6.90. The number of carboxylic acid groups (broad SMARTS) is 1. The van der Waals surface area contributed by atoms with Crippen LogP contribution in [0, 0.1) is 12.8 Å². The molecule has 0 aromatic heterocycles. The van der Waals surface area contributed by atoms with E-state index in [0.717, 1.165) is 5.56 Å². The molecule has 118 valence electrons. The Morgan fingerprint density at radius 2 is 2.09 bits per heavy atom. The van der Waals surface area contributed by atoms with Crippen molar-refractivity contribution in [2.24, 2.45) is 5.92 Å². The lowest BCUT2D eigenvalue weighted by atomic mass is 10.1. The Hall–Kier alpha value is -2.57. The number of methoxy groups -OCH3 is 1. The van der Waals surface area contributed by atoms with Gasteiger partial charge in [0.2, 0.25) is 0 Å². The number of aryl methyl sites for hydroxylation is 1. The number of nitrogens with zero attached hydrogens (tertiary/aromatic N) is 1. The second kappa shape index (κ2) is 6.46. The Morgan fingerprint density at radius 1 is 1.36 bits per heavy atom. The van der Waals surface area contributed by atoms with Crippen molar-refractivity contribution < 1.29 is 24.2 Å². The molecular weight excluding hydrogens is 288 g/mol. The topological polar surface area (TPSA) is 95.9 Å². The van der Waals surface area contributed by atoms with E-state index in [1.54, 1.807) is 25.1 Å². The quantitative estimate of drug-likeness (QED) is 0.829. The van der Waals surface area contributed by atoms with Crippen LogP contribution in [0.3, 0.4) is 0 Å². The van der Waals surface area contributed by atoms with Crippen LogP contribution in [-0.4, -0.2) is 48.2 Å². The van der Waals surface area contributed by atoms with Gasteiger partial charge < -0.3 is 20.1 Å². The molecule has 1 heterocycles. The molecule has 7 nitrogen and oxygen atoms in total. The van der Waals surface area contributed by atoms with Crippen LogP contribution in [0.2, 0.25) is 0 Å². The highest BCUT2D eigenvalue weighted by atomic mass is 16.5. The third-order valence-electron chi connectivity index (χ3n) is 3.72. The molecule has 1 saturated heterocycles. The number of carbonyl (C=O) groups is 3. The summed E-state index contributed by atoms with van der Waals surface area (Å²) in [5.41, 5.74) is 1.59. The van der Waals surface area contributed by atoms with Crippen LogP contribution in [0.5, 0.6) is 0 Å². The van der Waals surface area contributed by atoms with Crippen LogP contribution in [0.15, 0.2) is 18.2 Å². The summed E-state index contributed by atoms with van der Waals surface area (Å²) in [5, 5.41) is 11.6. The summed E-state index contributed by atoms with van der Waals surface area (Å²) in [4.78, 5) is 36.1. The van der Waals surface area contributed by atoms with Crippen molar-refractivity contribution in [3.63, 3.8) is 0 Å². The SMILES string of the molecule is COC(=O)c1cc(NC(=O)N2CCC(C(=O)O)C2)ccc1C. The number of hydrogen-bond donors (Lipinski definition) is 2. The lowest BCUT2D eigenvalue weighted by Crippen LogP contribution is -2.33. The largest absolute Gasteiger partial charge is 0.481 e. The molecule has 0 bridgehead atoms. The predicted octanol–water partition coefficient (Wildman–Crippen LogP) is 1.72. The molecule has 7 heteroatoms. The van der Waals surface area contributed by atoms with Crippen molar-refractivity contribution in [1.82, 2.24) is 4.90 Å². The molecule has 1 aromatic carbocycles. The number of urea groups is 1. The molecule has 2 N–H and O–H groups in total. The second-order valence-electron chi connectivity index (χ2n) is 5.22. The number of benzene rings is 1. The molecule has 0 radical (unpaired) electrons. The monoisotopic (exact) mass is 306 g/mol. The lowest BCUT2D eigenvalue weighted by Gasteiger charge is -2.17. The van der Waals surface area contributed by atoms with Crippen LogP contribution in [0.25, 0.3) is 0 Å². The zero-order valence-electron chi connectivity index (χ0n) is 12.5. The van der Waals surface area contributed by atoms with E-state index in [1.807, 2.05) is 0 Å². The molecule has 0 spiro atoms. The standard InChI is InChI=1S/C15H18N2O5/c1-9-3-4-11(7-12(9)14(20)22-2)16-15(21)17-6-5-10(8-17)13(18)19/h3-4,7,10H,5-6,8H2,1-2H3,(H,16,21)(H,18,19). The third-order valence-corrected chi connectivity index (χ3v) is 3.72. The molecular formula is C15H18N2O5. The van der Waals surface area contributed by atoms with Crippen molar-refractivity contribution in [1.29, 1.82) is 0 Å². The fourth-order valence-electron chi connectivity index (χ4n) is 2.38. The van der Waals surface area contributed by atoms with Crippen molar-refractivity contribution in [2.75, 3.05) is 25.5 Å². The summed E-state index contributed by atoms with van der Waals surface area (Å²) in [6.07, 6.45) is 0.448. The Bertz CT molecular complexity index is 614. The third kappa shape index (κ3) is 3.36. The van der Waals surface area contributed by atoms with Gasteiger partial charge in [0, 0.05) is 18.8 Å². The molecule has 1 unspecified atom stereocenters. The van der Waals surface area contributed by atoms with E-state index in [4.69, 9.17) is 5.11 Å². The summed E-state index contributed by atoms with van der Waals surface area (Å²) >= 11 is 0. The fraction of sp³-hybridized carbons (Fsp3) is 0.400. The van der Waals surface area contributed by atoms with E-state index < -0.39 is 17.9 Å². The van der Waals surface area contributed by atoms with Gasteiger partial charge in [0.1, 0.15) is 0 Å². The number of rotatable bonds is 3. The number of ether oxygens (including phenoxy) is 1. The fourth-order valence-corrected chi connectivity index (χ4v) is 2.38. The molecule has 1 fully saturated rings. The molecule has 2 rings (SSSR count). The summed E-state index contributed by atoms with van der Waals surface area (Å²) in [7, 11) is 1.29. The minimum Gasteiger partial charge on any atom is -0.481 e.